The summed E-state index contributed by atoms with van der Waals surface area (Å²) in [6.45, 7) is 2.53. The fourth-order valence-corrected chi connectivity index (χ4v) is 2.99. The first kappa shape index (κ1) is 21.1. The second-order valence-corrected chi connectivity index (χ2v) is 7.14. The van der Waals surface area contributed by atoms with Crippen LogP contribution in [0.3, 0.4) is 0 Å². The van der Waals surface area contributed by atoms with Gasteiger partial charge in [0, 0.05) is 0 Å². The Bertz CT molecular complexity index is 1150. The Morgan fingerprint density at radius 3 is 2.70 bits per heavy atom. The third-order valence-electron chi connectivity index (χ3n) is 3.96. The fraction of sp³-hybridized carbons (Fsp3) is 0.150. The molecule has 30 heavy (non-hydrogen) atoms. The van der Waals surface area contributed by atoms with Gasteiger partial charge in [-0.3, -0.25) is 14.6 Å². The van der Waals surface area contributed by atoms with Gasteiger partial charge in [-0.1, -0.05) is 36.0 Å². The van der Waals surface area contributed by atoms with E-state index >= 15 is 0 Å². The fourth-order valence-electron chi connectivity index (χ4n) is 2.36. The molecule has 0 saturated heterocycles. The number of thioether (sulfide) groups is 1. The van der Waals surface area contributed by atoms with Crippen molar-refractivity contribution in [1.29, 1.82) is 0 Å². The highest BCUT2D eigenvalue weighted by Crippen LogP contribution is 2.15. The smallest absolute Gasteiger partial charge is 0.342 e. The van der Waals surface area contributed by atoms with Crippen molar-refractivity contribution in [3.63, 3.8) is 0 Å². The summed E-state index contributed by atoms with van der Waals surface area (Å²) in [5, 5.41) is 9.56. The van der Waals surface area contributed by atoms with E-state index in [1.54, 1.807) is 0 Å². The molecule has 154 valence electrons. The van der Waals surface area contributed by atoms with Gasteiger partial charge in [0.25, 0.3) is 5.56 Å². The summed E-state index contributed by atoms with van der Waals surface area (Å²) in [6.07, 6.45) is 1.50. The highest BCUT2D eigenvalue weighted by molar-refractivity contribution is 7.99. The molecule has 1 aromatic heterocycles. The Kier molecular flexibility index (Phi) is 7.17. The van der Waals surface area contributed by atoms with Crippen molar-refractivity contribution in [3.05, 3.63) is 86.1 Å². The van der Waals surface area contributed by atoms with Crippen LogP contribution in [0.25, 0.3) is 0 Å². The maximum Gasteiger partial charge on any atom is 0.342 e. The summed E-state index contributed by atoms with van der Waals surface area (Å²) in [4.78, 5) is 36.2. The standard InChI is InChI=1S/C20H19N5O4S/c1-13-4-2-3-5-15(13)11-29-16-8-6-14(7-9-16)10-21-23-17(26)12-30-19-18(27)22-20(28)25-24-19/h2-10H,11-12H2,1H3,(H,23,26)(H2,22,25,27,28)/b21-10+. The number of aryl methyl sites for hydroxylation is 1. The first-order valence-electron chi connectivity index (χ1n) is 8.92. The molecule has 0 fully saturated rings. The molecule has 0 spiro atoms. The summed E-state index contributed by atoms with van der Waals surface area (Å²) in [5.41, 5.74) is 4.10. The molecule has 2 aromatic carbocycles. The van der Waals surface area contributed by atoms with Gasteiger partial charge in [0.2, 0.25) is 5.91 Å². The molecule has 0 radical (unpaired) electrons. The minimum Gasteiger partial charge on any atom is -0.489 e. The number of hydrogen-bond acceptors (Lipinski definition) is 7. The number of nitrogens with one attached hydrogen (secondary N) is 3. The lowest BCUT2D eigenvalue weighted by molar-refractivity contribution is -0.118. The van der Waals surface area contributed by atoms with Gasteiger partial charge < -0.3 is 4.74 Å². The first-order chi connectivity index (χ1) is 14.5. The second-order valence-electron chi connectivity index (χ2n) is 6.18. The van der Waals surface area contributed by atoms with E-state index in [0.29, 0.717) is 6.61 Å². The predicted molar refractivity (Wildman–Crippen MR) is 114 cm³/mol. The van der Waals surface area contributed by atoms with Crippen LogP contribution in [0, 0.1) is 6.92 Å². The van der Waals surface area contributed by atoms with Crippen LogP contribution in [0.4, 0.5) is 0 Å². The Labute approximate surface area is 175 Å². The van der Waals surface area contributed by atoms with Gasteiger partial charge in [0.1, 0.15) is 12.4 Å². The van der Waals surface area contributed by atoms with Crippen LogP contribution in [-0.2, 0) is 11.4 Å². The van der Waals surface area contributed by atoms with E-state index in [-0.39, 0.29) is 10.8 Å². The van der Waals surface area contributed by atoms with E-state index in [0.717, 1.165) is 28.6 Å². The van der Waals surface area contributed by atoms with Crippen LogP contribution in [0.1, 0.15) is 16.7 Å². The molecule has 3 rings (SSSR count). The number of aromatic amines is 2. The van der Waals surface area contributed by atoms with Crippen molar-refractivity contribution in [1.82, 2.24) is 20.6 Å². The minimum absolute atomic E-state index is 0.00462. The lowest BCUT2D eigenvalue weighted by atomic mass is 10.1. The van der Waals surface area contributed by atoms with E-state index in [1.165, 1.54) is 11.8 Å². The van der Waals surface area contributed by atoms with Crippen molar-refractivity contribution >= 4 is 23.9 Å². The summed E-state index contributed by atoms with van der Waals surface area (Å²) < 4.78 is 5.79. The van der Waals surface area contributed by atoms with Crippen molar-refractivity contribution in [2.24, 2.45) is 5.10 Å². The third kappa shape index (κ3) is 6.17. The maximum atomic E-state index is 11.8. The molecule has 0 aliphatic carbocycles. The van der Waals surface area contributed by atoms with Gasteiger partial charge in [0.05, 0.1) is 12.0 Å². The Morgan fingerprint density at radius 2 is 1.97 bits per heavy atom. The van der Waals surface area contributed by atoms with Crippen molar-refractivity contribution < 1.29 is 9.53 Å². The largest absolute Gasteiger partial charge is 0.489 e. The second kappa shape index (κ2) is 10.2. The molecule has 0 atom stereocenters. The number of benzene rings is 2. The molecule has 0 unspecified atom stereocenters. The van der Waals surface area contributed by atoms with Crippen LogP contribution in [-0.4, -0.2) is 33.1 Å². The maximum absolute atomic E-state index is 11.8. The number of aromatic nitrogens is 3. The number of H-pyrrole nitrogens is 2. The summed E-state index contributed by atoms with van der Waals surface area (Å²) in [5.74, 6) is 0.238. The van der Waals surface area contributed by atoms with Gasteiger partial charge >= 0.3 is 5.69 Å². The van der Waals surface area contributed by atoms with Crippen molar-refractivity contribution in [2.75, 3.05) is 5.75 Å². The summed E-state index contributed by atoms with van der Waals surface area (Å²) in [7, 11) is 0. The number of hydrazone groups is 1. The number of carbonyl (C=O) groups is 1. The number of rotatable bonds is 8. The van der Waals surface area contributed by atoms with Gasteiger partial charge in [-0.05, 0) is 47.9 Å². The van der Waals surface area contributed by atoms with Crippen molar-refractivity contribution in [2.45, 2.75) is 18.6 Å². The molecule has 1 amide bonds. The molecule has 0 bridgehead atoms. The zero-order valence-electron chi connectivity index (χ0n) is 16.0. The Morgan fingerprint density at radius 1 is 1.20 bits per heavy atom. The van der Waals surface area contributed by atoms with Crippen LogP contribution < -0.4 is 21.4 Å². The average molecular weight is 425 g/mol. The van der Waals surface area contributed by atoms with E-state index < -0.39 is 17.2 Å². The predicted octanol–water partition coefficient (Wildman–Crippen LogP) is 1.59. The normalized spacial score (nSPS) is 10.8. The molecular formula is C20H19N5O4S. The zero-order valence-corrected chi connectivity index (χ0v) is 16.9. The van der Waals surface area contributed by atoms with Crippen LogP contribution >= 0.6 is 11.8 Å². The Hall–Kier alpha value is -3.66. The van der Waals surface area contributed by atoms with Gasteiger partial charge in [-0.25, -0.2) is 15.3 Å². The van der Waals surface area contributed by atoms with Crippen LogP contribution in [0.2, 0.25) is 0 Å². The number of hydrogen-bond donors (Lipinski definition) is 3. The van der Waals surface area contributed by atoms with E-state index in [9.17, 15) is 14.4 Å². The summed E-state index contributed by atoms with van der Waals surface area (Å²) >= 11 is 0.889. The number of nitrogens with zero attached hydrogens (tertiary/aromatic N) is 2. The lowest BCUT2D eigenvalue weighted by Gasteiger charge is -2.08. The number of amides is 1. The molecule has 0 saturated carbocycles. The minimum atomic E-state index is -0.704. The monoisotopic (exact) mass is 425 g/mol. The topological polar surface area (TPSA) is 129 Å². The first-order valence-corrected chi connectivity index (χ1v) is 9.91. The molecule has 0 aliphatic heterocycles. The van der Waals surface area contributed by atoms with Crippen LogP contribution in [0.5, 0.6) is 5.75 Å². The molecule has 3 aromatic rings. The number of carbonyl (C=O) groups excluding carboxylic acids is 1. The quantitative estimate of drug-likeness (QED) is 0.286. The Balaban J connectivity index is 1.45. The molecule has 3 N–H and O–H groups in total. The number of ether oxygens (including phenoxy) is 1. The van der Waals surface area contributed by atoms with Crippen LogP contribution in [0.15, 0.2) is 68.2 Å². The molecule has 10 heteroatoms. The molecule has 1 heterocycles. The zero-order chi connectivity index (χ0) is 21.3. The molecule has 9 nitrogen and oxygen atoms in total. The highest BCUT2D eigenvalue weighted by atomic mass is 32.2. The van der Waals surface area contributed by atoms with E-state index in [4.69, 9.17) is 4.74 Å². The van der Waals surface area contributed by atoms with E-state index in [1.807, 2.05) is 60.4 Å². The molecular weight excluding hydrogens is 406 g/mol. The van der Waals surface area contributed by atoms with E-state index in [2.05, 4.69) is 20.7 Å². The van der Waals surface area contributed by atoms with Gasteiger partial charge in [-0.15, -0.1) is 0 Å². The van der Waals surface area contributed by atoms with Crippen molar-refractivity contribution in [3.8, 4) is 5.75 Å². The van der Waals surface area contributed by atoms with Gasteiger partial charge in [0.15, 0.2) is 5.03 Å². The highest BCUT2D eigenvalue weighted by Gasteiger charge is 2.07. The van der Waals surface area contributed by atoms with Gasteiger partial charge in [-0.2, -0.15) is 10.2 Å². The SMILES string of the molecule is Cc1ccccc1COc1ccc(/C=N/NC(=O)CSc2n[nH]c(=O)[nH]c2=O)cc1. The average Bonchev–Trinajstić information content (AvgIpc) is 2.73. The summed E-state index contributed by atoms with van der Waals surface area (Å²) in [6, 6.07) is 15.3. The lowest BCUT2D eigenvalue weighted by Crippen LogP contribution is -2.26. The molecule has 0 aliphatic rings. The third-order valence-corrected chi connectivity index (χ3v) is 4.92.